The number of nitrogens with one attached hydrogen (secondary N) is 2. The number of ether oxygens (including phenoxy) is 1. The summed E-state index contributed by atoms with van der Waals surface area (Å²) in [7, 11) is 2.05. The molecule has 3 atom stereocenters. The third kappa shape index (κ3) is 7.49. The number of anilines is 2. The van der Waals surface area contributed by atoms with Gasteiger partial charge in [0, 0.05) is 54.6 Å². The van der Waals surface area contributed by atoms with Crippen molar-refractivity contribution in [2.24, 2.45) is 5.92 Å². The van der Waals surface area contributed by atoms with Gasteiger partial charge in [0.15, 0.2) is 0 Å². The molecule has 224 valence electrons. The van der Waals surface area contributed by atoms with Crippen molar-refractivity contribution >= 4 is 34.1 Å². The predicted molar refractivity (Wildman–Crippen MR) is 169 cm³/mol. The maximum Gasteiger partial charge on any atom is 0.323 e. The summed E-state index contributed by atoms with van der Waals surface area (Å²) < 4.78 is 6.63. The molecule has 0 fully saturated rings. The van der Waals surface area contributed by atoms with Gasteiger partial charge >= 0.3 is 6.03 Å². The van der Waals surface area contributed by atoms with Crippen LogP contribution in [0.15, 0.2) is 85.2 Å². The largest absolute Gasteiger partial charge is 0.488 e. The Kier molecular flexibility index (Phi) is 9.54. The number of aliphatic hydroxyl groups is 1. The summed E-state index contributed by atoms with van der Waals surface area (Å²) in [5, 5.41) is 17.8. The van der Waals surface area contributed by atoms with Crippen molar-refractivity contribution in [1.29, 1.82) is 0 Å². The van der Waals surface area contributed by atoms with Crippen molar-refractivity contribution in [2.45, 2.75) is 39.0 Å². The van der Waals surface area contributed by atoms with E-state index in [1.54, 1.807) is 29.4 Å². The minimum Gasteiger partial charge on any atom is -0.488 e. The van der Waals surface area contributed by atoms with Gasteiger partial charge in [0.25, 0.3) is 0 Å². The summed E-state index contributed by atoms with van der Waals surface area (Å²) in [5.41, 5.74) is 3.09. The Morgan fingerprint density at radius 3 is 2.65 bits per heavy atom. The van der Waals surface area contributed by atoms with Crippen LogP contribution in [0.2, 0.25) is 0 Å². The monoisotopic (exact) mass is 581 g/mol. The van der Waals surface area contributed by atoms with Gasteiger partial charge in [-0.2, -0.15) is 0 Å². The summed E-state index contributed by atoms with van der Waals surface area (Å²) >= 11 is 0. The Labute approximate surface area is 252 Å². The number of urea groups is 1. The molecule has 0 saturated carbocycles. The van der Waals surface area contributed by atoms with Gasteiger partial charge in [-0.15, -0.1) is 0 Å². The Morgan fingerprint density at radius 2 is 1.86 bits per heavy atom. The fraction of sp³-hybridized carbons (Fsp3) is 0.324. The molecule has 9 nitrogen and oxygen atoms in total. The number of pyridine rings is 1. The highest BCUT2D eigenvalue weighted by molar-refractivity contribution is 6.06. The maximum absolute atomic E-state index is 13.5. The number of fused-ring (bicyclic) bond motifs is 2. The van der Waals surface area contributed by atoms with Gasteiger partial charge < -0.3 is 25.4 Å². The third-order valence-corrected chi connectivity index (χ3v) is 7.91. The molecule has 3 amide bonds. The lowest BCUT2D eigenvalue weighted by Crippen LogP contribution is -2.47. The lowest BCUT2D eigenvalue weighted by atomic mass is 10.0. The summed E-state index contributed by atoms with van der Waals surface area (Å²) in [6.07, 6.45) is 3.43. The number of carbonyl (C=O) groups excluding carboxylic acids is 2. The fourth-order valence-corrected chi connectivity index (χ4v) is 5.52. The summed E-state index contributed by atoms with van der Waals surface area (Å²) in [6, 6.07) is 22.3. The van der Waals surface area contributed by atoms with Crippen molar-refractivity contribution in [3.05, 3.63) is 96.3 Å². The molecule has 5 rings (SSSR count). The smallest absolute Gasteiger partial charge is 0.323 e. The van der Waals surface area contributed by atoms with Gasteiger partial charge in [0.1, 0.15) is 11.9 Å². The van der Waals surface area contributed by atoms with E-state index in [-0.39, 0.29) is 43.0 Å². The Bertz CT molecular complexity index is 1560. The second kappa shape index (κ2) is 13.7. The standard InChI is InChI=1S/C34H39N5O4/c1-23-19-39(24(2)22-40)33(41)18-27-17-28(36-34(42)37-30-10-6-8-26-7-4-5-9-29(26)30)11-12-31(27)43-32(23)21-38(3)20-25-13-15-35-16-14-25/h4-17,23-24,32,40H,18-22H2,1-3H3,(H2,36,37,42)/t23-,24?,32+/m1/s1. The van der Waals surface area contributed by atoms with Crippen LogP contribution in [-0.4, -0.2) is 70.7 Å². The quantitative estimate of drug-likeness (QED) is 0.265. The molecule has 1 aliphatic rings. The molecule has 0 spiro atoms. The van der Waals surface area contributed by atoms with Crippen molar-refractivity contribution < 1.29 is 19.4 Å². The number of hydrogen-bond donors (Lipinski definition) is 3. The number of hydrogen-bond acceptors (Lipinski definition) is 6. The van der Waals surface area contributed by atoms with Gasteiger partial charge in [-0.1, -0.05) is 43.3 Å². The first-order valence-corrected chi connectivity index (χ1v) is 14.6. The molecule has 3 N–H and O–H groups in total. The van der Waals surface area contributed by atoms with E-state index in [0.717, 1.165) is 22.9 Å². The third-order valence-electron chi connectivity index (χ3n) is 7.91. The molecule has 0 saturated heterocycles. The lowest BCUT2D eigenvalue weighted by molar-refractivity contribution is -0.134. The van der Waals surface area contributed by atoms with Crippen LogP contribution in [0.5, 0.6) is 5.75 Å². The van der Waals surface area contributed by atoms with Gasteiger partial charge in [0.2, 0.25) is 5.91 Å². The van der Waals surface area contributed by atoms with Crippen molar-refractivity contribution in [2.75, 3.05) is 37.4 Å². The zero-order valence-electron chi connectivity index (χ0n) is 24.9. The van der Waals surface area contributed by atoms with Crippen LogP contribution >= 0.6 is 0 Å². The van der Waals surface area contributed by atoms with Gasteiger partial charge in [-0.3, -0.25) is 14.7 Å². The summed E-state index contributed by atoms with van der Waals surface area (Å²) in [5.74, 6) is 0.510. The highest BCUT2D eigenvalue weighted by atomic mass is 16.5. The highest BCUT2D eigenvalue weighted by Crippen LogP contribution is 2.30. The molecule has 43 heavy (non-hydrogen) atoms. The number of rotatable bonds is 8. The van der Waals surface area contributed by atoms with E-state index in [2.05, 4.69) is 27.4 Å². The number of carbonyl (C=O) groups is 2. The zero-order chi connectivity index (χ0) is 30.3. The second-order valence-electron chi connectivity index (χ2n) is 11.4. The van der Waals surface area contributed by atoms with Crippen LogP contribution in [0.25, 0.3) is 10.8 Å². The molecule has 9 heteroatoms. The molecule has 4 aromatic rings. The average Bonchev–Trinajstić information content (AvgIpc) is 3.04. The SMILES string of the molecule is CC(CO)N1C[C@@H](C)[C@H](CN(C)Cc2ccncc2)Oc2ccc(NC(=O)Nc3cccc4ccccc34)cc2CC1=O. The van der Waals surface area contributed by atoms with Gasteiger partial charge in [-0.25, -0.2) is 4.79 Å². The topological polar surface area (TPSA) is 107 Å². The van der Waals surface area contributed by atoms with Crippen molar-refractivity contribution in [3.8, 4) is 5.75 Å². The fourth-order valence-electron chi connectivity index (χ4n) is 5.52. The van der Waals surface area contributed by atoms with Gasteiger partial charge in [0.05, 0.1) is 24.8 Å². The van der Waals surface area contributed by atoms with E-state index in [4.69, 9.17) is 4.74 Å². The highest BCUT2D eigenvalue weighted by Gasteiger charge is 2.31. The molecular weight excluding hydrogens is 542 g/mol. The second-order valence-corrected chi connectivity index (χ2v) is 11.4. The maximum atomic E-state index is 13.5. The van der Waals surface area contributed by atoms with E-state index >= 15 is 0 Å². The van der Waals surface area contributed by atoms with Crippen LogP contribution in [0.1, 0.15) is 25.0 Å². The molecule has 1 aromatic heterocycles. The first kappa shape index (κ1) is 30.0. The molecule has 0 aliphatic carbocycles. The lowest BCUT2D eigenvalue weighted by Gasteiger charge is -2.34. The number of aliphatic hydroxyl groups excluding tert-OH is 1. The number of likely N-dealkylation sites (N-methyl/N-ethyl adjacent to an activating group) is 1. The summed E-state index contributed by atoms with van der Waals surface area (Å²) in [6.45, 7) is 5.62. The first-order chi connectivity index (χ1) is 20.8. The zero-order valence-corrected chi connectivity index (χ0v) is 24.9. The molecule has 3 aromatic carbocycles. The average molecular weight is 582 g/mol. The van der Waals surface area contributed by atoms with Crippen LogP contribution in [0.4, 0.5) is 16.2 Å². The number of aromatic nitrogens is 1. The van der Waals surface area contributed by atoms with Crippen LogP contribution in [0.3, 0.4) is 0 Å². The van der Waals surface area contributed by atoms with Crippen molar-refractivity contribution in [3.63, 3.8) is 0 Å². The van der Waals surface area contributed by atoms with E-state index < -0.39 is 0 Å². The predicted octanol–water partition coefficient (Wildman–Crippen LogP) is 5.16. The Morgan fingerprint density at radius 1 is 1.09 bits per heavy atom. The van der Waals surface area contributed by atoms with Crippen LogP contribution in [0, 0.1) is 5.92 Å². The molecule has 1 aliphatic heterocycles. The normalized spacial score (nSPS) is 17.8. The summed E-state index contributed by atoms with van der Waals surface area (Å²) in [4.78, 5) is 34.6. The Balaban J connectivity index is 1.37. The van der Waals surface area contributed by atoms with E-state index in [1.807, 2.05) is 74.6 Å². The number of amides is 3. The van der Waals surface area contributed by atoms with Crippen LogP contribution in [-0.2, 0) is 17.8 Å². The van der Waals surface area contributed by atoms with E-state index in [1.165, 1.54) is 0 Å². The number of benzene rings is 3. The molecule has 1 unspecified atom stereocenters. The minimum atomic E-state index is -0.383. The molecule has 0 bridgehead atoms. The van der Waals surface area contributed by atoms with Crippen molar-refractivity contribution in [1.82, 2.24) is 14.8 Å². The number of nitrogens with zero attached hydrogens (tertiary/aromatic N) is 3. The Hall–Kier alpha value is -4.47. The molecule has 0 radical (unpaired) electrons. The van der Waals surface area contributed by atoms with Crippen LogP contribution < -0.4 is 15.4 Å². The molecular formula is C34H39N5O4. The van der Waals surface area contributed by atoms with Gasteiger partial charge in [-0.05, 0) is 61.3 Å². The van der Waals surface area contributed by atoms with E-state index in [9.17, 15) is 14.7 Å². The minimum absolute atomic E-state index is 0.00642. The van der Waals surface area contributed by atoms with E-state index in [0.29, 0.717) is 35.8 Å². The molecule has 2 heterocycles. The first-order valence-electron chi connectivity index (χ1n) is 14.6.